The first-order valence-electron chi connectivity index (χ1n) is 8.48. The Labute approximate surface area is 156 Å². The van der Waals surface area contributed by atoms with Crippen LogP contribution in [0.25, 0.3) is 0 Å². The van der Waals surface area contributed by atoms with E-state index in [1.807, 2.05) is 12.1 Å². The smallest absolute Gasteiger partial charge is 0.335 e. The number of aromatic nitrogens is 1. The molecule has 1 aliphatic heterocycles. The number of aromatic carboxylic acids is 1. The summed E-state index contributed by atoms with van der Waals surface area (Å²) < 4.78 is 0. The van der Waals surface area contributed by atoms with Gasteiger partial charge in [-0.15, -0.1) is 0 Å². The van der Waals surface area contributed by atoms with Crippen LogP contribution in [-0.2, 0) is 11.3 Å². The quantitative estimate of drug-likeness (QED) is 0.840. The number of halogens is 1. The minimum absolute atomic E-state index is 0.0363. The van der Waals surface area contributed by atoms with Gasteiger partial charge in [0, 0.05) is 19.3 Å². The fraction of sp³-hybridized carbons (Fsp3) is 0.316. The lowest BCUT2D eigenvalue weighted by Gasteiger charge is -2.32. The molecule has 1 amide bonds. The molecule has 1 atom stereocenters. The highest BCUT2D eigenvalue weighted by Crippen LogP contribution is 2.20. The van der Waals surface area contributed by atoms with Crippen molar-refractivity contribution in [3.8, 4) is 0 Å². The van der Waals surface area contributed by atoms with E-state index < -0.39 is 5.97 Å². The average molecular weight is 374 g/mol. The molecule has 2 aromatic rings. The van der Waals surface area contributed by atoms with Gasteiger partial charge in [-0.1, -0.05) is 23.7 Å². The van der Waals surface area contributed by atoms with Gasteiger partial charge in [-0.3, -0.25) is 9.69 Å². The first-order valence-corrected chi connectivity index (χ1v) is 8.86. The number of likely N-dealkylation sites (tertiary alicyclic amines) is 1. The monoisotopic (exact) mass is 373 g/mol. The summed E-state index contributed by atoms with van der Waals surface area (Å²) >= 11 is 5.81. The number of carboxylic acid groups (broad SMARTS) is 1. The molecule has 0 spiro atoms. The predicted molar refractivity (Wildman–Crippen MR) is 99.3 cm³/mol. The molecule has 2 N–H and O–H groups in total. The molecule has 136 valence electrons. The van der Waals surface area contributed by atoms with E-state index in [2.05, 4.69) is 15.2 Å². The number of pyridine rings is 1. The summed E-state index contributed by atoms with van der Waals surface area (Å²) in [6.07, 6.45) is 3.29. The highest BCUT2D eigenvalue weighted by atomic mass is 35.5. The van der Waals surface area contributed by atoms with Crippen LogP contribution in [0.15, 0.2) is 42.6 Å². The minimum Gasteiger partial charge on any atom is -0.478 e. The molecule has 0 saturated carbocycles. The molecule has 26 heavy (non-hydrogen) atoms. The molecular formula is C19H20ClN3O3. The number of nitrogens with zero attached hydrogens (tertiary/aromatic N) is 2. The molecule has 1 fully saturated rings. The minimum atomic E-state index is -0.929. The Hall–Kier alpha value is -2.44. The van der Waals surface area contributed by atoms with Crippen LogP contribution in [0.2, 0.25) is 5.02 Å². The van der Waals surface area contributed by atoms with Gasteiger partial charge in [0.1, 0.15) is 5.82 Å². The van der Waals surface area contributed by atoms with Crippen LogP contribution in [0.1, 0.15) is 28.8 Å². The van der Waals surface area contributed by atoms with E-state index >= 15 is 0 Å². The number of hydrogen-bond acceptors (Lipinski definition) is 4. The maximum absolute atomic E-state index is 12.5. The highest BCUT2D eigenvalue weighted by molar-refractivity contribution is 6.30. The van der Waals surface area contributed by atoms with Gasteiger partial charge < -0.3 is 10.4 Å². The number of rotatable bonds is 5. The maximum atomic E-state index is 12.5. The number of amides is 1. The molecule has 6 nitrogen and oxygen atoms in total. The Morgan fingerprint density at radius 2 is 2.00 bits per heavy atom. The Morgan fingerprint density at radius 1 is 1.23 bits per heavy atom. The van der Waals surface area contributed by atoms with E-state index in [0.29, 0.717) is 23.9 Å². The molecule has 1 unspecified atom stereocenters. The van der Waals surface area contributed by atoms with Crippen molar-refractivity contribution in [1.29, 1.82) is 0 Å². The van der Waals surface area contributed by atoms with E-state index in [1.54, 1.807) is 24.3 Å². The zero-order valence-corrected chi connectivity index (χ0v) is 14.9. The fourth-order valence-corrected chi connectivity index (χ4v) is 3.21. The van der Waals surface area contributed by atoms with Crippen LogP contribution in [-0.4, -0.2) is 40.0 Å². The van der Waals surface area contributed by atoms with Gasteiger partial charge in [0.05, 0.1) is 16.5 Å². The summed E-state index contributed by atoms with van der Waals surface area (Å²) in [5.74, 6) is -0.562. The summed E-state index contributed by atoms with van der Waals surface area (Å²) in [4.78, 5) is 29.7. The topological polar surface area (TPSA) is 82.5 Å². The Morgan fingerprint density at radius 3 is 2.65 bits per heavy atom. The molecule has 1 saturated heterocycles. The third kappa shape index (κ3) is 4.80. The van der Waals surface area contributed by atoms with Crippen LogP contribution >= 0.6 is 11.6 Å². The third-order valence-corrected chi connectivity index (χ3v) is 4.69. The summed E-state index contributed by atoms with van der Waals surface area (Å²) in [5.41, 5.74) is 1.32. The summed E-state index contributed by atoms with van der Waals surface area (Å²) in [7, 11) is 0. The fourth-order valence-electron chi connectivity index (χ4n) is 3.10. The number of carbonyl (C=O) groups is 2. The van der Waals surface area contributed by atoms with Crippen molar-refractivity contribution in [2.75, 3.05) is 18.4 Å². The van der Waals surface area contributed by atoms with E-state index in [0.717, 1.165) is 24.9 Å². The number of nitrogens with one attached hydrogen (secondary N) is 1. The zero-order valence-electron chi connectivity index (χ0n) is 14.2. The van der Waals surface area contributed by atoms with Gasteiger partial charge in [0.25, 0.3) is 0 Å². The van der Waals surface area contributed by atoms with Gasteiger partial charge in [0.2, 0.25) is 5.91 Å². The molecular weight excluding hydrogens is 354 g/mol. The summed E-state index contributed by atoms with van der Waals surface area (Å²) in [6, 6.07) is 10.2. The van der Waals surface area contributed by atoms with Crippen molar-refractivity contribution >= 4 is 29.3 Å². The van der Waals surface area contributed by atoms with Crippen molar-refractivity contribution < 1.29 is 14.7 Å². The van der Waals surface area contributed by atoms with Crippen LogP contribution < -0.4 is 5.32 Å². The van der Waals surface area contributed by atoms with Crippen molar-refractivity contribution in [2.45, 2.75) is 19.4 Å². The van der Waals surface area contributed by atoms with Gasteiger partial charge in [-0.2, -0.15) is 0 Å². The van der Waals surface area contributed by atoms with Crippen LogP contribution in [0, 0.1) is 5.92 Å². The standard InChI is InChI=1S/C19H20ClN3O3/c20-16-7-8-17(21-10-16)22-18(24)15-2-1-9-23(12-15)11-13-3-5-14(6-4-13)19(25)26/h3-8,10,15H,1-2,9,11-12H2,(H,25,26)(H,21,22,24). The van der Waals surface area contributed by atoms with E-state index in [1.165, 1.54) is 6.20 Å². The largest absolute Gasteiger partial charge is 0.478 e. The average Bonchev–Trinajstić information content (AvgIpc) is 2.64. The second-order valence-electron chi connectivity index (χ2n) is 6.43. The van der Waals surface area contributed by atoms with E-state index in [4.69, 9.17) is 16.7 Å². The van der Waals surface area contributed by atoms with Crippen molar-refractivity contribution in [1.82, 2.24) is 9.88 Å². The Kier molecular flexibility index (Phi) is 5.85. The van der Waals surface area contributed by atoms with Crippen LogP contribution in [0.5, 0.6) is 0 Å². The zero-order chi connectivity index (χ0) is 18.5. The molecule has 0 radical (unpaired) electrons. The van der Waals surface area contributed by atoms with Crippen LogP contribution in [0.4, 0.5) is 5.82 Å². The van der Waals surface area contributed by atoms with Gasteiger partial charge in [-0.05, 0) is 49.2 Å². The lowest BCUT2D eigenvalue weighted by molar-refractivity contribution is -0.121. The number of carbonyl (C=O) groups excluding carboxylic acids is 1. The molecule has 3 rings (SSSR count). The molecule has 1 aromatic carbocycles. The summed E-state index contributed by atoms with van der Waals surface area (Å²) in [6.45, 7) is 2.28. The molecule has 0 aliphatic carbocycles. The Balaban J connectivity index is 1.57. The predicted octanol–water partition coefficient (Wildman–Crippen LogP) is 3.28. The van der Waals surface area contributed by atoms with Crippen LogP contribution in [0.3, 0.4) is 0 Å². The lowest BCUT2D eigenvalue weighted by atomic mass is 9.96. The van der Waals surface area contributed by atoms with Crippen molar-refractivity contribution in [3.05, 3.63) is 58.7 Å². The molecule has 0 bridgehead atoms. The third-order valence-electron chi connectivity index (χ3n) is 4.46. The molecule has 1 aliphatic rings. The maximum Gasteiger partial charge on any atom is 0.335 e. The SMILES string of the molecule is O=C(O)c1ccc(CN2CCCC(C(=O)Nc3ccc(Cl)cn3)C2)cc1. The first kappa shape index (κ1) is 18.4. The van der Waals surface area contributed by atoms with Gasteiger partial charge in [-0.25, -0.2) is 9.78 Å². The van der Waals surface area contributed by atoms with Gasteiger partial charge >= 0.3 is 5.97 Å². The highest BCUT2D eigenvalue weighted by Gasteiger charge is 2.26. The molecule has 1 aromatic heterocycles. The number of anilines is 1. The number of benzene rings is 1. The Bertz CT molecular complexity index is 778. The normalized spacial score (nSPS) is 17.7. The summed E-state index contributed by atoms with van der Waals surface area (Å²) in [5, 5.41) is 12.3. The molecule has 2 heterocycles. The number of hydrogen-bond donors (Lipinski definition) is 2. The van der Waals surface area contributed by atoms with Crippen molar-refractivity contribution in [2.24, 2.45) is 5.92 Å². The second-order valence-corrected chi connectivity index (χ2v) is 6.86. The van der Waals surface area contributed by atoms with Crippen molar-refractivity contribution in [3.63, 3.8) is 0 Å². The second kappa shape index (κ2) is 8.29. The lowest BCUT2D eigenvalue weighted by Crippen LogP contribution is -2.40. The van der Waals surface area contributed by atoms with Gasteiger partial charge in [0.15, 0.2) is 0 Å². The molecule has 7 heteroatoms. The van der Waals surface area contributed by atoms with E-state index in [9.17, 15) is 9.59 Å². The number of carboxylic acids is 1. The van der Waals surface area contributed by atoms with E-state index in [-0.39, 0.29) is 17.4 Å². The number of piperidine rings is 1. The first-order chi connectivity index (χ1) is 12.5.